The predicted octanol–water partition coefficient (Wildman–Crippen LogP) is 1.65. The fourth-order valence-electron chi connectivity index (χ4n) is 5.00. The molecule has 0 radical (unpaired) electrons. The number of hydrogen-bond acceptors (Lipinski definition) is 5. The molecule has 0 spiro atoms. The van der Waals surface area contributed by atoms with Crippen molar-refractivity contribution in [1.29, 1.82) is 0 Å². The van der Waals surface area contributed by atoms with Crippen LogP contribution >= 0.6 is 0 Å². The van der Waals surface area contributed by atoms with Crippen molar-refractivity contribution < 1.29 is 32.3 Å². The van der Waals surface area contributed by atoms with E-state index < -0.39 is 11.9 Å². The Morgan fingerprint density at radius 2 is 1.97 bits per heavy atom. The number of alkyl halides is 3. The minimum Gasteiger partial charge on any atom is -0.454 e. The number of carbonyl (C=O) groups is 1. The summed E-state index contributed by atoms with van der Waals surface area (Å²) in [5.74, 6) is 0.613. The first-order valence-corrected chi connectivity index (χ1v) is 10.9. The number of ether oxygens (including phenoxy) is 2. The highest BCUT2D eigenvalue weighted by Crippen LogP contribution is 2.37. The monoisotopic (exact) mass is 460 g/mol. The molecule has 0 bridgehead atoms. The maximum Gasteiger partial charge on any atom is 0.433 e. The lowest BCUT2D eigenvalue weighted by molar-refractivity contribution is -0.916. The van der Waals surface area contributed by atoms with E-state index in [2.05, 4.69) is 10.1 Å². The van der Waals surface area contributed by atoms with Gasteiger partial charge in [-0.05, 0) is 24.3 Å². The Morgan fingerprint density at radius 1 is 1.12 bits per heavy atom. The van der Waals surface area contributed by atoms with Gasteiger partial charge in [-0.15, -0.1) is 0 Å². The summed E-state index contributed by atoms with van der Waals surface area (Å²) >= 11 is 0. The first-order chi connectivity index (χ1) is 15.9. The highest BCUT2D eigenvalue weighted by molar-refractivity contribution is 5.93. The third-order valence-electron chi connectivity index (χ3n) is 6.66. The van der Waals surface area contributed by atoms with E-state index in [9.17, 15) is 18.0 Å². The van der Waals surface area contributed by atoms with Gasteiger partial charge >= 0.3 is 6.18 Å². The highest BCUT2D eigenvalue weighted by atomic mass is 19.4. The first kappa shape index (κ1) is 20.3. The van der Waals surface area contributed by atoms with Crippen molar-refractivity contribution in [3.05, 3.63) is 41.7 Å². The number of halogens is 3. The van der Waals surface area contributed by atoms with E-state index in [4.69, 9.17) is 9.47 Å². The van der Waals surface area contributed by atoms with Gasteiger partial charge in [0, 0.05) is 24.5 Å². The Bertz CT molecular complexity index is 1260. The van der Waals surface area contributed by atoms with Crippen molar-refractivity contribution in [3.63, 3.8) is 0 Å². The molecule has 2 atom stereocenters. The number of benzene rings is 1. The molecule has 1 amide bonds. The molecule has 2 aromatic heterocycles. The topological polar surface area (TPSA) is 73.4 Å². The van der Waals surface area contributed by atoms with Gasteiger partial charge in [0.2, 0.25) is 6.79 Å². The van der Waals surface area contributed by atoms with Crippen LogP contribution in [0.1, 0.15) is 29.0 Å². The molecule has 2 saturated heterocycles. The van der Waals surface area contributed by atoms with Crippen LogP contribution in [0.5, 0.6) is 11.5 Å². The Kier molecular flexibility index (Phi) is 4.51. The number of piperazine rings is 1. The second-order valence-electron chi connectivity index (χ2n) is 8.64. The third-order valence-corrected chi connectivity index (χ3v) is 6.66. The molecule has 3 aliphatic rings. The number of carbonyl (C=O) groups excluding carboxylic acids is 1. The molecule has 11 heteroatoms. The fourth-order valence-corrected chi connectivity index (χ4v) is 5.00. The molecule has 0 saturated carbocycles. The smallest absolute Gasteiger partial charge is 0.433 e. The van der Waals surface area contributed by atoms with Crippen LogP contribution in [0, 0.1) is 0 Å². The molecule has 6 rings (SSSR count). The Morgan fingerprint density at radius 3 is 2.82 bits per heavy atom. The van der Waals surface area contributed by atoms with E-state index in [1.54, 1.807) is 23.1 Å². The Hall–Kier alpha value is -3.34. The van der Waals surface area contributed by atoms with Crippen LogP contribution in [0.2, 0.25) is 0 Å². The standard InChI is InChI=1S/C22H20F3N5O3/c23-22(24,25)19-9-15(13-3-4-17-18(8-13)33-12-32-17)26-20-10-16(27-30(19)20)21(31)29-7-6-28-5-1-2-14(28)11-29/h3-4,8-10,14H,1-2,5-7,11-12H2/p+1. The maximum atomic E-state index is 13.9. The predicted molar refractivity (Wildman–Crippen MR) is 109 cm³/mol. The average molecular weight is 460 g/mol. The summed E-state index contributed by atoms with van der Waals surface area (Å²) in [6.45, 7) is 3.20. The molecule has 33 heavy (non-hydrogen) atoms. The second-order valence-corrected chi connectivity index (χ2v) is 8.64. The van der Waals surface area contributed by atoms with Crippen molar-refractivity contribution in [1.82, 2.24) is 19.5 Å². The number of hydrogen-bond donors (Lipinski definition) is 1. The van der Waals surface area contributed by atoms with E-state index in [0.29, 0.717) is 40.7 Å². The largest absolute Gasteiger partial charge is 0.454 e. The van der Waals surface area contributed by atoms with Crippen LogP contribution in [0.3, 0.4) is 0 Å². The van der Waals surface area contributed by atoms with E-state index in [-0.39, 0.29) is 29.7 Å². The van der Waals surface area contributed by atoms with Crippen molar-refractivity contribution in [2.45, 2.75) is 25.1 Å². The lowest BCUT2D eigenvalue weighted by Gasteiger charge is -2.34. The van der Waals surface area contributed by atoms with Crippen LogP contribution < -0.4 is 14.4 Å². The summed E-state index contributed by atoms with van der Waals surface area (Å²) in [4.78, 5) is 20.7. The third kappa shape index (κ3) is 3.47. The molecule has 1 aromatic carbocycles. The van der Waals surface area contributed by atoms with Crippen LogP contribution in [0.25, 0.3) is 16.9 Å². The zero-order valence-electron chi connectivity index (χ0n) is 17.6. The number of rotatable bonds is 2. The SMILES string of the molecule is O=C(c1cc2nc(-c3ccc4c(c3)OCO4)cc(C(F)(F)F)n2n1)N1CC[NH+]2CCCC2C1. The van der Waals surface area contributed by atoms with E-state index >= 15 is 0 Å². The molecular formula is C22H21F3N5O3+. The van der Waals surface area contributed by atoms with Gasteiger partial charge in [0.15, 0.2) is 28.5 Å². The summed E-state index contributed by atoms with van der Waals surface area (Å²) in [5.41, 5.74) is -0.510. The minimum atomic E-state index is -4.68. The van der Waals surface area contributed by atoms with Gasteiger partial charge in [0.25, 0.3) is 5.91 Å². The summed E-state index contributed by atoms with van der Waals surface area (Å²) in [7, 11) is 0. The van der Waals surface area contributed by atoms with Crippen molar-refractivity contribution >= 4 is 11.6 Å². The van der Waals surface area contributed by atoms with E-state index in [0.717, 1.165) is 32.0 Å². The number of nitrogens with one attached hydrogen (secondary N) is 1. The van der Waals surface area contributed by atoms with Crippen LogP contribution in [0.4, 0.5) is 13.2 Å². The van der Waals surface area contributed by atoms with Crippen LogP contribution in [-0.2, 0) is 6.18 Å². The number of fused-ring (bicyclic) bond motifs is 3. The fraction of sp³-hybridized carbons (Fsp3) is 0.409. The van der Waals surface area contributed by atoms with E-state index in [1.165, 1.54) is 11.0 Å². The summed E-state index contributed by atoms with van der Waals surface area (Å²) in [5, 5.41) is 4.02. The summed E-state index contributed by atoms with van der Waals surface area (Å²) in [6, 6.07) is 7.51. The molecule has 8 nitrogen and oxygen atoms in total. The molecule has 172 valence electrons. The molecule has 3 aromatic rings. The number of quaternary nitrogens is 1. The summed E-state index contributed by atoms with van der Waals surface area (Å²) in [6.07, 6.45) is -2.49. The van der Waals surface area contributed by atoms with Crippen molar-refractivity contribution in [3.8, 4) is 22.8 Å². The summed E-state index contributed by atoms with van der Waals surface area (Å²) < 4.78 is 53.1. The number of nitrogens with zero attached hydrogens (tertiary/aromatic N) is 4. The maximum absolute atomic E-state index is 13.9. The van der Waals surface area contributed by atoms with Gasteiger partial charge < -0.3 is 19.3 Å². The molecule has 2 unspecified atom stereocenters. The van der Waals surface area contributed by atoms with E-state index in [1.807, 2.05) is 0 Å². The molecule has 3 aliphatic heterocycles. The van der Waals surface area contributed by atoms with Gasteiger partial charge in [-0.25, -0.2) is 9.50 Å². The van der Waals surface area contributed by atoms with Gasteiger partial charge in [0.05, 0.1) is 31.9 Å². The van der Waals surface area contributed by atoms with Gasteiger partial charge in [0.1, 0.15) is 6.04 Å². The highest BCUT2D eigenvalue weighted by Gasteiger charge is 2.38. The lowest BCUT2D eigenvalue weighted by atomic mass is 10.1. The normalized spacial score (nSPS) is 22.1. The second kappa shape index (κ2) is 7.34. The molecule has 1 N–H and O–H groups in total. The molecule has 0 aliphatic carbocycles. The van der Waals surface area contributed by atoms with Crippen LogP contribution in [-0.4, -0.2) is 64.4 Å². The zero-order chi connectivity index (χ0) is 22.7. The lowest BCUT2D eigenvalue weighted by Crippen LogP contribution is -3.16. The molecular weight excluding hydrogens is 439 g/mol. The quantitative estimate of drug-likeness (QED) is 0.630. The Balaban J connectivity index is 1.39. The number of amides is 1. The van der Waals surface area contributed by atoms with Gasteiger partial charge in [-0.1, -0.05) is 0 Å². The molecule has 2 fully saturated rings. The minimum absolute atomic E-state index is 0.0303. The van der Waals surface area contributed by atoms with Crippen molar-refractivity contribution in [2.75, 3.05) is 33.0 Å². The van der Waals surface area contributed by atoms with Crippen molar-refractivity contribution in [2.24, 2.45) is 0 Å². The number of aromatic nitrogens is 3. The van der Waals surface area contributed by atoms with Crippen LogP contribution in [0.15, 0.2) is 30.3 Å². The Labute approximate surface area is 186 Å². The van der Waals surface area contributed by atoms with Gasteiger partial charge in [-0.3, -0.25) is 4.79 Å². The average Bonchev–Trinajstić information content (AvgIpc) is 3.54. The molecule has 5 heterocycles. The van der Waals surface area contributed by atoms with Gasteiger partial charge in [-0.2, -0.15) is 18.3 Å². The zero-order valence-corrected chi connectivity index (χ0v) is 17.6. The first-order valence-electron chi connectivity index (χ1n) is 10.9.